The van der Waals surface area contributed by atoms with Crippen molar-refractivity contribution < 1.29 is 4.74 Å². The third-order valence-corrected chi connectivity index (χ3v) is 3.40. The number of ether oxygens (including phenoxy) is 1. The average Bonchev–Trinajstić information content (AvgIpc) is 3.15. The van der Waals surface area contributed by atoms with Crippen molar-refractivity contribution in [3.05, 3.63) is 65.7 Å². The fourth-order valence-electron chi connectivity index (χ4n) is 2.15. The van der Waals surface area contributed by atoms with Crippen LogP contribution in [0.5, 0.6) is 5.75 Å². The highest BCUT2D eigenvalue weighted by atomic mass is 16.5. The van der Waals surface area contributed by atoms with Gasteiger partial charge in [0.25, 0.3) is 0 Å². The Balaban J connectivity index is 1.60. The van der Waals surface area contributed by atoms with Crippen molar-refractivity contribution in [3.63, 3.8) is 0 Å². The Labute approximate surface area is 107 Å². The van der Waals surface area contributed by atoms with E-state index in [9.17, 15) is 0 Å². The molecule has 1 unspecified atom stereocenters. The van der Waals surface area contributed by atoms with Crippen molar-refractivity contribution in [3.8, 4) is 5.75 Å². The Hall–Kier alpha value is -1.80. The van der Waals surface area contributed by atoms with Gasteiger partial charge in [-0.15, -0.1) is 0 Å². The molecule has 2 N–H and O–H groups in total. The standard InChI is InChI=1S/C16H17NO/c17-16-10-15(16)13-6-8-14(9-7-13)18-11-12-4-2-1-3-5-12/h1-9,15-16H,10-11,17H2/t15?,16-/m0/s1. The number of hydrogen-bond acceptors (Lipinski definition) is 2. The molecule has 2 atom stereocenters. The molecule has 18 heavy (non-hydrogen) atoms. The first-order valence-electron chi connectivity index (χ1n) is 6.35. The monoisotopic (exact) mass is 239 g/mol. The number of benzene rings is 2. The quantitative estimate of drug-likeness (QED) is 0.890. The molecule has 1 aliphatic carbocycles. The molecular weight excluding hydrogens is 222 g/mol. The minimum absolute atomic E-state index is 0.362. The van der Waals surface area contributed by atoms with E-state index in [-0.39, 0.29) is 0 Å². The number of hydrogen-bond donors (Lipinski definition) is 1. The van der Waals surface area contributed by atoms with E-state index in [2.05, 4.69) is 24.3 Å². The Morgan fingerprint density at radius 3 is 2.28 bits per heavy atom. The van der Waals surface area contributed by atoms with Gasteiger partial charge in [0, 0.05) is 12.0 Å². The lowest BCUT2D eigenvalue weighted by atomic mass is 10.1. The minimum atomic E-state index is 0.362. The minimum Gasteiger partial charge on any atom is -0.489 e. The van der Waals surface area contributed by atoms with E-state index in [1.807, 2.05) is 30.3 Å². The molecule has 0 saturated heterocycles. The Kier molecular flexibility index (Phi) is 3.03. The van der Waals surface area contributed by atoms with Crippen molar-refractivity contribution in [2.45, 2.75) is 25.0 Å². The summed E-state index contributed by atoms with van der Waals surface area (Å²) in [6.07, 6.45) is 1.12. The molecule has 0 radical (unpaired) electrons. The molecule has 0 spiro atoms. The fourth-order valence-corrected chi connectivity index (χ4v) is 2.15. The maximum absolute atomic E-state index is 5.84. The first-order valence-corrected chi connectivity index (χ1v) is 6.35. The summed E-state index contributed by atoms with van der Waals surface area (Å²) in [6.45, 7) is 0.614. The summed E-state index contributed by atoms with van der Waals surface area (Å²) in [4.78, 5) is 0. The maximum atomic E-state index is 5.84. The van der Waals surface area contributed by atoms with Gasteiger partial charge in [0.05, 0.1) is 0 Å². The first-order chi connectivity index (χ1) is 8.83. The van der Waals surface area contributed by atoms with Crippen LogP contribution >= 0.6 is 0 Å². The average molecular weight is 239 g/mol. The van der Waals surface area contributed by atoms with E-state index in [4.69, 9.17) is 10.5 Å². The Morgan fingerprint density at radius 2 is 1.67 bits per heavy atom. The van der Waals surface area contributed by atoms with Gasteiger partial charge < -0.3 is 10.5 Å². The van der Waals surface area contributed by atoms with E-state index < -0.39 is 0 Å². The molecule has 2 aromatic rings. The maximum Gasteiger partial charge on any atom is 0.119 e. The summed E-state index contributed by atoms with van der Waals surface area (Å²) in [6, 6.07) is 18.9. The molecule has 0 heterocycles. The van der Waals surface area contributed by atoms with Crippen LogP contribution in [0.25, 0.3) is 0 Å². The van der Waals surface area contributed by atoms with Gasteiger partial charge in [0.15, 0.2) is 0 Å². The lowest BCUT2D eigenvalue weighted by Crippen LogP contribution is -2.01. The lowest BCUT2D eigenvalue weighted by Gasteiger charge is -2.07. The van der Waals surface area contributed by atoms with Crippen LogP contribution in [0.2, 0.25) is 0 Å². The summed E-state index contributed by atoms with van der Waals surface area (Å²) in [7, 11) is 0. The van der Waals surface area contributed by atoms with Crippen LogP contribution in [0.1, 0.15) is 23.5 Å². The second-order valence-electron chi connectivity index (χ2n) is 4.85. The van der Waals surface area contributed by atoms with Gasteiger partial charge in [-0.1, -0.05) is 42.5 Å². The van der Waals surface area contributed by atoms with Crippen LogP contribution in [0.15, 0.2) is 54.6 Å². The van der Waals surface area contributed by atoms with E-state index >= 15 is 0 Å². The van der Waals surface area contributed by atoms with Gasteiger partial charge in [-0.05, 0) is 29.7 Å². The molecule has 3 rings (SSSR count). The third-order valence-electron chi connectivity index (χ3n) is 3.40. The smallest absolute Gasteiger partial charge is 0.119 e. The summed E-state index contributed by atoms with van der Waals surface area (Å²) < 4.78 is 5.74. The van der Waals surface area contributed by atoms with Gasteiger partial charge in [0.1, 0.15) is 12.4 Å². The van der Waals surface area contributed by atoms with Gasteiger partial charge >= 0.3 is 0 Å². The van der Waals surface area contributed by atoms with Gasteiger partial charge in [-0.25, -0.2) is 0 Å². The van der Waals surface area contributed by atoms with Gasteiger partial charge in [0.2, 0.25) is 0 Å². The van der Waals surface area contributed by atoms with Gasteiger partial charge in [-0.3, -0.25) is 0 Å². The molecule has 92 valence electrons. The van der Waals surface area contributed by atoms with Crippen LogP contribution in [-0.4, -0.2) is 6.04 Å². The molecule has 0 amide bonds. The first kappa shape index (κ1) is 11.3. The molecule has 1 fully saturated rings. The van der Waals surface area contributed by atoms with Crippen LogP contribution in [0, 0.1) is 0 Å². The molecule has 2 nitrogen and oxygen atoms in total. The highest BCUT2D eigenvalue weighted by Crippen LogP contribution is 2.39. The summed E-state index contributed by atoms with van der Waals surface area (Å²) >= 11 is 0. The largest absolute Gasteiger partial charge is 0.489 e. The van der Waals surface area contributed by atoms with Crippen LogP contribution in [0.3, 0.4) is 0 Å². The Morgan fingerprint density at radius 1 is 1.00 bits per heavy atom. The number of nitrogens with two attached hydrogens (primary N) is 1. The van der Waals surface area contributed by atoms with E-state index in [0.29, 0.717) is 18.6 Å². The SMILES string of the molecule is N[C@H]1CC1c1ccc(OCc2ccccc2)cc1. The second-order valence-corrected chi connectivity index (χ2v) is 4.85. The molecule has 0 aromatic heterocycles. The zero-order valence-corrected chi connectivity index (χ0v) is 10.3. The van der Waals surface area contributed by atoms with Crippen LogP contribution in [0.4, 0.5) is 0 Å². The van der Waals surface area contributed by atoms with Crippen molar-refractivity contribution in [1.29, 1.82) is 0 Å². The predicted octanol–water partition coefficient (Wildman–Crippen LogP) is 3.08. The summed E-state index contributed by atoms with van der Waals surface area (Å²) in [5.41, 5.74) is 8.35. The van der Waals surface area contributed by atoms with E-state index in [1.54, 1.807) is 0 Å². The molecule has 1 saturated carbocycles. The van der Waals surface area contributed by atoms with E-state index in [1.165, 1.54) is 11.1 Å². The molecule has 2 aromatic carbocycles. The predicted molar refractivity (Wildman–Crippen MR) is 72.5 cm³/mol. The van der Waals surface area contributed by atoms with Crippen LogP contribution < -0.4 is 10.5 Å². The van der Waals surface area contributed by atoms with Gasteiger partial charge in [-0.2, -0.15) is 0 Å². The highest BCUT2D eigenvalue weighted by Gasteiger charge is 2.34. The third kappa shape index (κ3) is 2.54. The summed E-state index contributed by atoms with van der Waals surface area (Å²) in [5, 5.41) is 0. The number of rotatable bonds is 4. The van der Waals surface area contributed by atoms with Crippen molar-refractivity contribution in [2.75, 3.05) is 0 Å². The molecule has 1 aliphatic rings. The second kappa shape index (κ2) is 4.83. The van der Waals surface area contributed by atoms with Crippen LogP contribution in [-0.2, 0) is 6.61 Å². The van der Waals surface area contributed by atoms with E-state index in [0.717, 1.165) is 12.2 Å². The van der Waals surface area contributed by atoms with Crippen molar-refractivity contribution >= 4 is 0 Å². The normalized spacial score (nSPS) is 21.6. The fraction of sp³-hybridized carbons (Fsp3) is 0.250. The summed E-state index contributed by atoms with van der Waals surface area (Å²) in [5.74, 6) is 1.48. The topological polar surface area (TPSA) is 35.2 Å². The Bertz CT molecular complexity index is 506. The molecule has 2 heteroatoms. The zero-order chi connectivity index (χ0) is 12.4. The molecular formula is C16H17NO. The molecule has 0 aliphatic heterocycles. The highest BCUT2D eigenvalue weighted by molar-refractivity contribution is 5.33. The lowest BCUT2D eigenvalue weighted by molar-refractivity contribution is 0.306. The zero-order valence-electron chi connectivity index (χ0n) is 10.3. The van der Waals surface area contributed by atoms with Crippen molar-refractivity contribution in [1.82, 2.24) is 0 Å². The molecule has 0 bridgehead atoms. The van der Waals surface area contributed by atoms with Crippen molar-refractivity contribution in [2.24, 2.45) is 5.73 Å².